The molecule has 0 radical (unpaired) electrons. The van der Waals surface area contributed by atoms with Crippen molar-refractivity contribution in [3.8, 4) is 0 Å². The molecule has 2 atom stereocenters. The molecular formula is C21H24N2O. The molecule has 3 heteroatoms. The Morgan fingerprint density at radius 1 is 1.00 bits per heavy atom. The van der Waals surface area contributed by atoms with Gasteiger partial charge in [0.25, 0.3) is 0 Å². The molecule has 1 N–H and O–H groups in total. The van der Waals surface area contributed by atoms with Crippen molar-refractivity contribution in [1.29, 1.82) is 0 Å². The molecular weight excluding hydrogens is 296 g/mol. The Bertz CT molecular complexity index is 801. The van der Waals surface area contributed by atoms with Gasteiger partial charge in [-0.2, -0.15) is 0 Å². The third kappa shape index (κ3) is 2.65. The van der Waals surface area contributed by atoms with Crippen molar-refractivity contribution in [2.75, 3.05) is 0 Å². The van der Waals surface area contributed by atoms with Crippen LogP contribution in [0.2, 0.25) is 0 Å². The van der Waals surface area contributed by atoms with Crippen molar-refractivity contribution in [3.05, 3.63) is 89.0 Å². The van der Waals surface area contributed by atoms with E-state index in [1.54, 1.807) is 12.5 Å². The van der Waals surface area contributed by atoms with Crippen LogP contribution in [0.1, 0.15) is 40.8 Å². The maximum Gasteiger partial charge on any atom is 0.135 e. The van der Waals surface area contributed by atoms with Crippen LogP contribution in [0.4, 0.5) is 0 Å². The second kappa shape index (κ2) is 6.25. The first-order valence-corrected chi connectivity index (χ1v) is 8.28. The van der Waals surface area contributed by atoms with Gasteiger partial charge in [-0.3, -0.25) is 0 Å². The van der Waals surface area contributed by atoms with Gasteiger partial charge in [0.2, 0.25) is 0 Å². The maximum absolute atomic E-state index is 11.9. The Kier molecular flexibility index (Phi) is 4.29. The van der Waals surface area contributed by atoms with Gasteiger partial charge in [0, 0.05) is 12.4 Å². The number of aromatic nitrogens is 2. The topological polar surface area (TPSA) is 38.0 Å². The summed E-state index contributed by atoms with van der Waals surface area (Å²) in [5, 5.41) is 11.9. The molecule has 0 saturated carbocycles. The maximum atomic E-state index is 11.9. The minimum atomic E-state index is -1.13. The van der Waals surface area contributed by atoms with E-state index in [0.717, 1.165) is 11.1 Å². The van der Waals surface area contributed by atoms with Crippen molar-refractivity contribution < 1.29 is 5.11 Å². The number of aryl methyl sites for hydroxylation is 2. The second-order valence-electron chi connectivity index (χ2n) is 6.55. The van der Waals surface area contributed by atoms with E-state index in [1.807, 2.05) is 48.0 Å². The van der Waals surface area contributed by atoms with Crippen LogP contribution in [0.5, 0.6) is 0 Å². The fourth-order valence-electron chi connectivity index (χ4n) is 3.31. The summed E-state index contributed by atoms with van der Waals surface area (Å²) in [5.41, 5.74) is 4.31. The predicted octanol–water partition coefficient (Wildman–Crippen LogP) is 4.31. The summed E-state index contributed by atoms with van der Waals surface area (Å²) in [7, 11) is 0. The normalized spacial score (nSPS) is 15.0. The third-order valence-corrected chi connectivity index (χ3v) is 5.16. The highest BCUT2D eigenvalue weighted by Crippen LogP contribution is 2.40. The zero-order valence-electron chi connectivity index (χ0n) is 14.7. The summed E-state index contributed by atoms with van der Waals surface area (Å²) in [4.78, 5) is 4.15. The van der Waals surface area contributed by atoms with E-state index in [9.17, 15) is 5.11 Å². The van der Waals surface area contributed by atoms with Crippen molar-refractivity contribution >= 4 is 0 Å². The number of hydrogen-bond acceptors (Lipinski definition) is 2. The minimum absolute atomic E-state index is 0.191. The third-order valence-electron chi connectivity index (χ3n) is 5.16. The van der Waals surface area contributed by atoms with Crippen molar-refractivity contribution in [1.82, 2.24) is 9.55 Å². The Hall–Kier alpha value is -2.39. The van der Waals surface area contributed by atoms with Gasteiger partial charge in [0.1, 0.15) is 5.60 Å². The van der Waals surface area contributed by atoms with E-state index in [-0.39, 0.29) is 6.04 Å². The van der Waals surface area contributed by atoms with Gasteiger partial charge < -0.3 is 9.67 Å². The molecule has 2 unspecified atom stereocenters. The van der Waals surface area contributed by atoms with Gasteiger partial charge in [0.15, 0.2) is 0 Å². The highest BCUT2D eigenvalue weighted by molar-refractivity contribution is 5.44. The number of imidazole rings is 1. The molecule has 3 rings (SSSR count). The average Bonchev–Trinajstić information content (AvgIpc) is 3.13. The molecule has 0 aliphatic heterocycles. The highest BCUT2D eigenvalue weighted by atomic mass is 16.3. The number of nitrogens with zero attached hydrogens (tertiary/aromatic N) is 2. The second-order valence-corrected chi connectivity index (χ2v) is 6.55. The summed E-state index contributed by atoms with van der Waals surface area (Å²) in [6.45, 7) is 8.34. The van der Waals surface area contributed by atoms with Gasteiger partial charge in [-0.25, -0.2) is 4.98 Å². The van der Waals surface area contributed by atoms with Crippen molar-refractivity contribution in [3.63, 3.8) is 0 Å². The molecule has 24 heavy (non-hydrogen) atoms. The molecule has 1 aromatic heterocycles. The van der Waals surface area contributed by atoms with Gasteiger partial charge in [0.05, 0.1) is 12.4 Å². The van der Waals surface area contributed by atoms with E-state index in [4.69, 9.17) is 0 Å². The van der Waals surface area contributed by atoms with Gasteiger partial charge in [-0.1, -0.05) is 42.5 Å². The lowest BCUT2D eigenvalue weighted by molar-refractivity contribution is 0.0294. The Balaban J connectivity index is 2.23. The first kappa shape index (κ1) is 16.5. The van der Waals surface area contributed by atoms with Crippen LogP contribution in [0, 0.1) is 20.8 Å². The fraction of sp³-hybridized carbons (Fsp3) is 0.286. The minimum Gasteiger partial charge on any atom is -0.378 e. The van der Waals surface area contributed by atoms with Crippen LogP contribution in [-0.2, 0) is 5.60 Å². The highest BCUT2D eigenvalue weighted by Gasteiger charge is 2.39. The first-order valence-electron chi connectivity index (χ1n) is 8.28. The lowest BCUT2D eigenvalue weighted by Gasteiger charge is -2.36. The lowest BCUT2D eigenvalue weighted by Crippen LogP contribution is -2.36. The smallest absolute Gasteiger partial charge is 0.135 e. The Morgan fingerprint density at radius 2 is 1.62 bits per heavy atom. The van der Waals surface area contributed by atoms with Gasteiger partial charge in [-0.05, 0) is 55.5 Å². The van der Waals surface area contributed by atoms with Crippen LogP contribution >= 0.6 is 0 Å². The Morgan fingerprint density at radius 3 is 2.17 bits per heavy atom. The van der Waals surface area contributed by atoms with Crippen LogP contribution in [0.25, 0.3) is 0 Å². The summed E-state index contributed by atoms with van der Waals surface area (Å²) in [5.74, 6) is 0. The van der Waals surface area contributed by atoms with Gasteiger partial charge >= 0.3 is 0 Å². The van der Waals surface area contributed by atoms with Crippen LogP contribution in [-0.4, -0.2) is 14.7 Å². The predicted molar refractivity (Wildman–Crippen MR) is 97.0 cm³/mol. The quantitative estimate of drug-likeness (QED) is 0.778. The first-order chi connectivity index (χ1) is 11.4. The SMILES string of the molecule is Cc1cc(C(O)(c2ccccc2)C(C)n2ccnc2)cc(C)c1C. The Labute approximate surface area is 143 Å². The monoisotopic (exact) mass is 320 g/mol. The number of aliphatic hydroxyl groups is 1. The van der Waals surface area contributed by atoms with Crippen LogP contribution < -0.4 is 0 Å². The summed E-state index contributed by atoms with van der Waals surface area (Å²) in [6, 6.07) is 13.9. The molecule has 2 aromatic carbocycles. The van der Waals surface area contributed by atoms with E-state index >= 15 is 0 Å². The summed E-state index contributed by atoms with van der Waals surface area (Å²) in [6.07, 6.45) is 5.40. The molecule has 0 bridgehead atoms. The van der Waals surface area contributed by atoms with E-state index in [2.05, 4.69) is 37.9 Å². The van der Waals surface area contributed by atoms with Gasteiger partial charge in [-0.15, -0.1) is 0 Å². The number of rotatable bonds is 4. The molecule has 0 aliphatic rings. The lowest BCUT2D eigenvalue weighted by atomic mass is 9.79. The summed E-state index contributed by atoms with van der Waals surface area (Å²) < 4.78 is 1.96. The molecule has 1 heterocycles. The zero-order chi connectivity index (χ0) is 17.3. The molecule has 0 saturated heterocycles. The standard InChI is InChI=1S/C21H24N2O/c1-15-12-20(13-16(2)17(15)3)21(24,19-8-6-5-7-9-19)18(4)23-11-10-22-14-23/h5-14,18,24H,1-4H3. The zero-order valence-corrected chi connectivity index (χ0v) is 14.7. The van der Waals surface area contributed by atoms with Crippen molar-refractivity contribution in [2.45, 2.75) is 39.3 Å². The average molecular weight is 320 g/mol. The molecule has 3 aromatic rings. The number of hydrogen-bond donors (Lipinski definition) is 1. The molecule has 124 valence electrons. The molecule has 0 fully saturated rings. The van der Waals surface area contributed by atoms with E-state index in [1.165, 1.54) is 16.7 Å². The van der Waals surface area contributed by atoms with Crippen molar-refractivity contribution in [2.24, 2.45) is 0 Å². The number of benzene rings is 2. The fourth-order valence-corrected chi connectivity index (χ4v) is 3.31. The molecule has 3 nitrogen and oxygen atoms in total. The molecule has 0 aliphatic carbocycles. The van der Waals surface area contributed by atoms with Crippen LogP contribution in [0.3, 0.4) is 0 Å². The summed E-state index contributed by atoms with van der Waals surface area (Å²) >= 11 is 0. The van der Waals surface area contributed by atoms with Crippen LogP contribution in [0.15, 0.2) is 61.2 Å². The largest absolute Gasteiger partial charge is 0.378 e. The molecule has 0 spiro atoms. The van der Waals surface area contributed by atoms with E-state index < -0.39 is 5.60 Å². The van der Waals surface area contributed by atoms with E-state index in [0.29, 0.717) is 0 Å². The molecule has 0 amide bonds.